The Bertz CT molecular complexity index is 373. The second-order valence-electron chi connectivity index (χ2n) is 2.89. The van der Waals surface area contributed by atoms with Crippen molar-refractivity contribution in [2.24, 2.45) is 10.8 Å². The Kier molecular flexibility index (Phi) is 3.79. The number of hydrazone groups is 1. The van der Waals surface area contributed by atoms with Crippen molar-refractivity contribution < 1.29 is 9.18 Å². The van der Waals surface area contributed by atoms with Crippen molar-refractivity contribution in [3.05, 3.63) is 35.6 Å². The average molecular weight is 209 g/mol. The summed E-state index contributed by atoms with van der Waals surface area (Å²) in [6, 6.07) is 5.15. The Morgan fingerprint density at radius 1 is 1.47 bits per heavy atom. The average Bonchev–Trinajstić information content (AvgIpc) is 2.21. The van der Waals surface area contributed by atoms with Gasteiger partial charge in [-0.25, -0.2) is 14.6 Å². The van der Waals surface area contributed by atoms with Gasteiger partial charge < -0.3 is 5.73 Å². The van der Waals surface area contributed by atoms with E-state index in [2.05, 4.69) is 10.5 Å². The SMILES string of the molecule is CCC(=NNC(N)=O)c1ccc(F)cc1. The van der Waals surface area contributed by atoms with Crippen molar-refractivity contribution in [1.82, 2.24) is 5.43 Å². The van der Waals surface area contributed by atoms with E-state index in [4.69, 9.17) is 5.73 Å². The molecule has 0 heterocycles. The van der Waals surface area contributed by atoms with Gasteiger partial charge in [0.15, 0.2) is 0 Å². The molecule has 2 amide bonds. The van der Waals surface area contributed by atoms with Crippen LogP contribution in [0.5, 0.6) is 0 Å². The Balaban J connectivity index is 2.87. The number of nitrogens with two attached hydrogens (primary N) is 1. The third-order valence-electron chi connectivity index (χ3n) is 1.81. The second kappa shape index (κ2) is 5.09. The van der Waals surface area contributed by atoms with Crippen LogP contribution in [0.1, 0.15) is 18.9 Å². The quantitative estimate of drug-likeness (QED) is 0.576. The number of benzene rings is 1. The highest BCUT2D eigenvalue weighted by Gasteiger charge is 2.01. The molecular weight excluding hydrogens is 197 g/mol. The zero-order chi connectivity index (χ0) is 11.3. The zero-order valence-electron chi connectivity index (χ0n) is 8.33. The zero-order valence-corrected chi connectivity index (χ0v) is 8.33. The van der Waals surface area contributed by atoms with Crippen LogP contribution < -0.4 is 11.2 Å². The monoisotopic (exact) mass is 209 g/mol. The van der Waals surface area contributed by atoms with E-state index in [9.17, 15) is 9.18 Å². The summed E-state index contributed by atoms with van der Waals surface area (Å²) < 4.78 is 12.6. The van der Waals surface area contributed by atoms with E-state index in [-0.39, 0.29) is 5.82 Å². The van der Waals surface area contributed by atoms with E-state index in [1.165, 1.54) is 12.1 Å². The number of primary amides is 1. The van der Waals surface area contributed by atoms with Gasteiger partial charge in [-0.05, 0) is 24.1 Å². The molecule has 1 rings (SSSR count). The molecule has 0 saturated carbocycles. The largest absolute Gasteiger partial charge is 0.350 e. The fourth-order valence-electron chi connectivity index (χ4n) is 1.11. The minimum absolute atomic E-state index is 0.308. The lowest BCUT2D eigenvalue weighted by atomic mass is 10.1. The predicted molar refractivity (Wildman–Crippen MR) is 55.9 cm³/mol. The van der Waals surface area contributed by atoms with Gasteiger partial charge >= 0.3 is 6.03 Å². The molecule has 0 spiro atoms. The number of hydrogen-bond acceptors (Lipinski definition) is 2. The smallest absolute Gasteiger partial charge is 0.332 e. The topological polar surface area (TPSA) is 67.5 Å². The predicted octanol–water partition coefficient (Wildman–Crippen LogP) is 1.61. The van der Waals surface area contributed by atoms with Crippen molar-refractivity contribution >= 4 is 11.7 Å². The number of nitrogens with one attached hydrogen (secondary N) is 1. The Hall–Kier alpha value is -1.91. The molecule has 0 radical (unpaired) electrons. The molecule has 0 bridgehead atoms. The molecule has 0 unspecified atom stereocenters. The number of urea groups is 1. The van der Waals surface area contributed by atoms with Crippen LogP contribution in [0.25, 0.3) is 0 Å². The fraction of sp³-hybridized carbons (Fsp3) is 0.200. The first kappa shape index (κ1) is 11.2. The molecule has 1 aromatic rings. The normalized spacial score (nSPS) is 11.2. The van der Waals surface area contributed by atoms with Gasteiger partial charge in [-0.15, -0.1) is 0 Å². The highest BCUT2D eigenvalue weighted by molar-refractivity contribution is 6.00. The number of amides is 2. The number of hydrogen-bond donors (Lipinski definition) is 2. The summed E-state index contributed by atoms with van der Waals surface area (Å²) in [5, 5.41) is 3.81. The Morgan fingerprint density at radius 2 is 2.07 bits per heavy atom. The van der Waals surface area contributed by atoms with Gasteiger partial charge in [-0.3, -0.25) is 0 Å². The molecule has 0 aliphatic carbocycles. The molecular formula is C10H12FN3O. The lowest BCUT2D eigenvalue weighted by Gasteiger charge is -2.03. The van der Waals surface area contributed by atoms with E-state index in [1.54, 1.807) is 12.1 Å². The van der Waals surface area contributed by atoms with E-state index in [1.807, 2.05) is 6.92 Å². The summed E-state index contributed by atoms with van der Waals surface area (Å²) in [6.07, 6.45) is 0.617. The number of rotatable bonds is 3. The van der Waals surface area contributed by atoms with Crippen LogP contribution in [0.4, 0.5) is 9.18 Å². The lowest BCUT2D eigenvalue weighted by molar-refractivity contribution is 0.249. The van der Waals surface area contributed by atoms with Gasteiger partial charge in [0.1, 0.15) is 5.82 Å². The molecule has 0 aliphatic heterocycles. The molecule has 3 N–H and O–H groups in total. The molecule has 1 aromatic carbocycles. The van der Waals surface area contributed by atoms with Crippen LogP contribution in [0.3, 0.4) is 0 Å². The molecule has 4 nitrogen and oxygen atoms in total. The fourth-order valence-corrected chi connectivity index (χ4v) is 1.11. The van der Waals surface area contributed by atoms with E-state index < -0.39 is 6.03 Å². The maximum absolute atomic E-state index is 12.6. The highest BCUT2D eigenvalue weighted by atomic mass is 19.1. The summed E-state index contributed by atoms with van der Waals surface area (Å²) in [5.74, 6) is -0.308. The third-order valence-corrected chi connectivity index (χ3v) is 1.81. The van der Waals surface area contributed by atoms with Crippen LogP contribution in [-0.2, 0) is 0 Å². The van der Waals surface area contributed by atoms with Crippen molar-refractivity contribution in [3.8, 4) is 0 Å². The van der Waals surface area contributed by atoms with Crippen molar-refractivity contribution in [2.75, 3.05) is 0 Å². The second-order valence-corrected chi connectivity index (χ2v) is 2.89. The third kappa shape index (κ3) is 3.38. The van der Waals surface area contributed by atoms with Crippen LogP contribution in [-0.4, -0.2) is 11.7 Å². The standard InChI is InChI=1S/C10H12FN3O/c1-2-9(13-14-10(12)15)7-3-5-8(11)6-4-7/h3-6H,2H2,1H3,(H3,12,14,15). The maximum Gasteiger partial charge on any atom is 0.332 e. The van der Waals surface area contributed by atoms with Gasteiger partial charge in [0.2, 0.25) is 0 Å². The number of carbonyl (C=O) groups excluding carboxylic acids is 1. The van der Waals surface area contributed by atoms with Gasteiger partial charge in [0.05, 0.1) is 5.71 Å². The number of halogens is 1. The Morgan fingerprint density at radius 3 is 2.53 bits per heavy atom. The number of nitrogens with zero attached hydrogens (tertiary/aromatic N) is 1. The minimum Gasteiger partial charge on any atom is -0.350 e. The summed E-state index contributed by atoms with van der Waals surface area (Å²) in [5.41, 5.74) is 8.43. The first-order valence-corrected chi connectivity index (χ1v) is 4.51. The summed E-state index contributed by atoms with van der Waals surface area (Å²) in [7, 11) is 0. The minimum atomic E-state index is -0.719. The number of carbonyl (C=O) groups is 1. The molecule has 0 fully saturated rings. The molecule has 80 valence electrons. The van der Waals surface area contributed by atoms with E-state index in [0.717, 1.165) is 5.56 Å². The van der Waals surface area contributed by atoms with Gasteiger partial charge in [-0.1, -0.05) is 19.1 Å². The van der Waals surface area contributed by atoms with Crippen molar-refractivity contribution in [3.63, 3.8) is 0 Å². The summed E-state index contributed by atoms with van der Waals surface area (Å²) in [6.45, 7) is 1.88. The first-order valence-electron chi connectivity index (χ1n) is 4.51. The van der Waals surface area contributed by atoms with Crippen molar-refractivity contribution in [1.29, 1.82) is 0 Å². The lowest BCUT2D eigenvalue weighted by Crippen LogP contribution is -2.25. The van der Waals surface area contributed by atoms with Crippen LogP contribution in [0.2, 0.25) is 0 Å². The van der Waals surface area contributed by atoms with E-state index in [0.29, 0.717) is 12.1 Å². The van der Waals surface area contributed by atoms with Gasteiger partial charge in [-0.2, -0.15) is 5.10 Å². The van der Waals surface area contributed by atoms with Crippen molar-refractivity contribution in [2.45, 2.75) is 13.3 Å². The maximum atomic E-state index is 12.6. The van der Waals surface area contributed by atoms with Crippen LogP contribution in [0, 0.1) is 5.82 Å². The molecule has 0 saturated heterocycles. The molecule has 0 aromatic heterocycles. The summed E-state index contributed by atoms with van der Waals surface area (Å²) in [4.78, 5) is 10.4. The van der Waals surface area contributed by atoms with Gasteiger partial charge in [0, 0.05) is 0 Å². The molecule has 0 atom stereocenters. The van der Waals surface area contributed by atoms with E-state index >= 15 is 0 Å². The highest BCUT2D eigenvalue weighted by Crippen LogP contribution is 2.06. The van der Waals surface area contributed by atoms with Crippen LogP contribution >= 0.6 is 0 Å². The first-order chi connectivity index (χ1) is 7.13. The molecule has 5 heteroatoms. The van der Waals surface area contributed by atoms with Gasteiger partial charge in [0.25, 0.3) is 0 Å². The Labute approximate surface area is 87.0 Å². The van der Waals surface area contributed by atoms with Crippen LogP contribution in [0.15, 0.2) is 29.4 Å². The molecule has 15 heavy (non-hydrogen) atoms. The molecule has 0 aliphatic rings. The summed E-state index contributed by atoms with van der Waals surface area (Å²) >= 11 is 0.